The van der Waals surface area contributed by atoms with E-state index in [-0.39, 0.29) is 0 Å². The average Bonchev–Trinajstić information content (AvgIpc) is 3.43. The molecule has 1 saturated heterocycles. The molecule has 1 aliphatic rings. The van der Waals surface area contributed by atoms with Crippen LogP contribution in [0, 0.1) is 5.92 Å². The van der Waals surface area contributed by atoms with Gasteiger partial charge >= 0.3 is 0 Å². The van der Waals surface area contributed by atoms with Crippen molar-refractivity contribution >= 4 is 0 Å². The third-order valence-corrected chi connectivity index (χ3v) is 5.97. The van der Waals surface area contributed by atoms with Crippen LogP contribution in [0.1, 0.15) is 18.4 Å². The summed E-state index contributed by atoms with van der Waals surface area (Å²) in [6.45, 7) is 3.25. The fourth-order valence-corrected chi connectivity index (χ4v) is 4.02. The van der Waals surface area contributed by atoms with Crippen LogP contribution < -0.4 is 15.8 Å². The summed E-state index contributed by atoms with van der Waals surface area (Å²) in [5.74, 6) is 1.09. The number of hydrogen-bond donors (Lipinski definition) is 2. The number of aromatic nitrogens is 5. The second-order valence-corrected chi connectivity index (χ2v) is 8.21. The van der Waals surface area contributed by atoms with E-state index >= 15 is 0 Å². The Morgan fingerprint density at radius 1 is 0.970 bits per heavy atom. The fourth-order valence-electron chi connectivity index (χ4n) is 4.02. The van der Waals surface area contributed by atoms with Gasteiger partial charge in [-0.25, -0.2) is 14.6 Å². The molecule has 0 bridgehead atoms. The lowest BCUT2D eigenvalue weighted by molar-refractivity contribution is 0.208. The molecule has 3 N–H and O–H groups in total. The summed E-state index contributed by atoms with van der Waals surface area (Å²) in [5.41, 5.74) is 11.3. The van der Waals surface area contributed by atoms with Crippen molar-refractivity contribution in [3.05, 3.63) is 72.7 Å². The normalized spacial score (nSPS) is 14.3. The van der Waals surface area contributed by atoms with Crippen LogP contribution in [0.15, 0.2) is 67.1 Å². The molecule has 8 nitrogen and oxygen atoms in total. The van der Waals surface area contributed by atoms with Crippen molar-refractivity contribution in [1.29, 1.82) is 0 Å². The van der Waals surface area contributed by atoms with Crippen molar-refractivity contribution < 1.29 is 4.74 Å². The van der Waals surface area contributed by atoms with Gasteiger partial charge in [0.1, 0.15) is 5.69 Å². The Morgan fingerprint density at radius 3 is 2.39 bits per heavy atom. The second-order valence-electron chi connectivity index (χ2n) is 8.21. The molecule has 5 rings (SSSR count). The van der Waals surface area contributed by atoms with Gasteiger partial charge in [-0.15, -0.1) is 5.10 Å². The van der Waals surface area contributed by atoms with Gasteiger partial charge in [-0.1, -0.05) is 41.6 Å². The topological polar surface area (TPSA) is 104 Å². The van der Waals surface area contributed by atoms with Crippen LogP contribution >= 0.6 is 0 Å². The van der Waals surface area contributed by atoms with Gasteiger partial charge in [0.05, 0.1) is 36.6 Å². The van der Waals surface area contributed by atoms with Gasteiger partial charge in [-0.05, 0) is 49.5 Å². The molecule has 1 fully saturated rings. The van der Waals surface area contributed by atoms with Gasteiger partial charge < -0.3 is 15.8 Å². The Hall–Kier alpha value is -3.62. The van der Waals surface area contributed by atoms with Crippen molar-refractivity contribution in [1.82, 2.24) is 30.3 Å². The maximum Gasteiger partial charge on any atom is 0.232 e. The van der Waals surface area contributed by atoms with Crippen LogP contribution in [-0.4, -0.2) is 44.7 Å². The van der Waals surface area contributed by atoms with Crippen molar-refractivity contribution in [2.45, 2.75) is 19.4 Å². The maximum atomic E-state index is 6.08. The Labute approximate surface area is 192 Å². The maximum absolute atomic E-state index is 6.08. The predicted octanol–water partition coefficient (Wildman–Crippen LogP) is 3.23. The highest BCUT2D eigenvalue weighted by atomic mass is 16.5. The molecular weight excluding hydrogens is 414 g/mol. The molecular formula is C25H27N7O. The summed E-state index contributed by atoms with van der Waals surface area (Å²) in [6.07, 6.45) is 7.44. The van der Waals surface area contributed by atoms with E-state index in [0.717, 1.165) is 59.7 Å². The Bertz CT molecular complexity index is 1170. The van der Waals surface area contributed by atoms with Gasteiger partial charge in [0.15, 0.2) is 0 Å². The minimum absolute atomic E-state index is 0.506. The highest BCUT2D eigenvalue weighted by molar-refractivity contribution is 5.78. The summed E-state index contributed by atoms with van der Waals surface area (Å²) >= 11 is 0. The number of nitrogens with two attached hydrogens (primary N) is 1. The number of hydrogen-bond acceptors (Lipinski definition) is 7. The van der Waals surface area contributed by atoms with Crippen LogP contribution in [-0.2, 0) is 6.54 Å². The smallest absolute Gasteiger partial charge is 0.232 e. The summed E-state index contributed by atoms with van der Waals surface area (Å²) in [6, 6.07) is 16.2. The molecule has 0 spiro atoms. The van der Waals surface area contributed by atoms with Crippen molar-refractivity contribution in [2.24, 2.45) is 11.7 Å². The molecule has 0 unspecified atom stereocenters. The van der Waals surface area contributed by atoms with Crippen LogP contribution in [0.5, 0.6) is 5.88 Å². The largest absolute Gasteiger partial charge is 0.476 e. The third-order valence-electron chi connectivity index (χ3n) is 5.97. The lowest BCUT2D eigenvalue weighted by Gasteiger charge is -2.22. The molecule has 8 heteroatoms. The Morgan fingerprint density at radius 2 is 1.70 bits per heavy atom. The van der Waals surface area contributed by atoms with E-state index in [1.807, 2.05) is 54.7 Å². The van der Waals surface area contributed by atoms with E-state index in [1.165, 1.54) is 0 Å². The van der Waals surface area contributed by atoms with E-state index < -0.39 is 0 Å². The summed E-state index contributed by atoms with van der Waals surface area (Å²) in [7, 11) is 0. The lowest BCUT2D eigenvalue weighted by atomic mass is 9.99. The second kappa shape index (κ2) is 9.89. The lowest BCUT2D eigenvalue weighted by Crippen LogP contribution is -2.30. The molecule has 0 atom stereocenters. The van der Waals surface area contributed by atoms with Crippen LogP contribution in [0.4, 0.5) is 0 Å². The first-order valence-corrected chi connectivity index (χ1v) is 11.3. The van der Waals surface area contributed by atoms with Crippen LogP contribution in [0.2, 0.25) is 0 Å². The van der Waals surface area contributed by atoms with Crippen molar-refractivity contribution in [3.8, 4) is 34.1 Å². The highest BCUT2D eigenvalue weighted by Crippen LogP contribution is 2.31. The molecule has 0 amide bonds. The first kappa shape index (κ1) is 21.2. The van der Waals surface area contributed by atoms with Crippen molar-refractivity contribution in [2.75, 3.05) is 19.7 Å². The van der Waals surface area contributed by atoms with Crippen molar-refractivity contribution in [3.63, 3.8) is 0 Å². The monoisotopic (exact) mass is 441 g/mol. The summed E-state index contributed by atoms with van der Waals surface area (Å²) in [5, 5.41) is 11.3. The molecule has 168 valence electrons. The summed E-state index contributed by atoms with van der Waals surface area (Å²) in [4.78, 5) is 9.64. The fraction of sp³-hybridized carbons (Fsp3) is 0.280. The number of nitrogens with one attached hydrogen (secondary N) is 1. The molecule has 0 saturated carbocycles. The molecule has 0 aliphatic carbocycles. The highest BCUT2D eigenvalue weighted by Gasteiger charge is 2.17. The Kier molecular flexibility index (Phi) is 6.37. The predicted molar refractivity (Wildman–Crippen MR) is 127 cm³/mol. The van der Waals surface area contributed by atoms with E-state index in [4.69, 9.17) is 20.4 Å². The van der Waals surface area contributed by atoms with E-state index in [2.05, 4.69) is 15.6 Å². The number of rotatable bonds is 7. The number of nitrogens with zero attached hydrogens (tertiary/aromatic N) is 5. The van der Waals surface area contributed by atoms with E-state index in [0.29, 0.717) is 24.9 Å². The first-order chi connectivity index (χ1) is 16.3. The minimum Gasteiger partial charge on any atom is -0.476 e. The number of piperidine rings is 1. The molecule has 4 aromatic rings. The van der Waals surface area contributed by atoms with Crippen LogP contribution in [0.3, 0.4) is 0 Å². The first-order valence-electron chi connectivity index (χ1n) is 11.3. The van der Waals surface area contributed by atoms with E-state index in [9.17, 15) is 0 Å². The number of ether oxygens (including phenoxy) is 1. The van der Waals surface area contributed by atoms with Gasteiger partial charge in [-0.3, -0.25) is 0 Å². The van der Waals surface area contributed by atoms with Gasteiger partial charge in [0, 0.05) is 17.7 Å². The molecule has 1 aliphatic heterocycles. The molecule has 3 heterocycles. The minimum atomic E-state index is 0.506. The Balaban J connectivity index is 1.47. The average molecular weight is 442 g/mol. The quantitative estimate of drug-likeness (QED) is 0.454. The van der Waals surface area contributed by atoms with Gasteiger partial charge in [0.2, 0.25) is 5.88 Å². The molecule has 2 aromatic carbocycles. The zero-order valence-corrected chi connectivity index (χ0v) is 18.4. The standard InChI is InChI=1S/C25H27N7O/c26-15-18-1-3-20(4-2-18)24-25(21-5-7-22(8-6-21)32-14-13-29-31-32)30-23(16-28-24)33-17-19-9-11-27-12-10-19/h1-8,13-14,16,19,27H,9-12,15,17,26H2. The summed E-state index contributed by atoms with van der Waals surface area (Å²) < 4.78 is 7.80. The molecule has 0 radical (unpaired) electrons. The third kappa shape index (κ3) is 4.92. The zero-order valence-electron chi connectivity index (χ0n) is 18.4. The van der Waals surface area contributed by atoms with Crippen LogP contribution in [0.25, 0.3) is 28.2 Å². The molecule has 33 heavy (non-hydrogen) atoms. The molecule has 2 aromatic heterocycles. The SMILES string of the molecule is NCc1ccc(-c2ncc(OCC3CCNCC3)nc2-c2ccc(-n3ccnn3)cc2)cc1. The number of benzene rings is 2. The van der Waals surface area contributed by atoms with E-state index in [1.54, 1.807) is 17.1 Å². The van der Waals surface area contributed by atoms with Gasteiger partial charge in [0.25, 0.3) is 0 Å². The van der Waals surface area contributed by atoms with Gasteiger partial charge in [-0.2, -0.15) is 0 Å². The zero-order chi connectivity index (χ0) is 22.5.